The number of carbonyl (C=O) groups excluding carboxylic acids is 8. The number of rotatable bonds is 16. The monoisotopic (exact) mass is 1960 g/mol. The molecule has 0 spiro atoms. The molecule has 146 heavy (non-hydrogen) atoms. The van der Waals surface area contributed by atoms with Crippen LogP contribution in [0.25, 0.3) is 0 Å². The zero-order chi connectivity index (χ0) is 104. The topological polar surface area (TPSA) is 437 Å². The standard InChI is InChI=1S/2C28H26N4O5.2C28H28N4O4/c2*1-18-4-3-5-21(30-18)12-20-9-11-29-22(13-20)26(33)31-23-15-37-25-7-6-19(8-10-28(35)16-36-17-28)14-24(25)32(2)27(23)34;2*1-18-6-5-7-21(30-18)14-20-11-13-29-22(15-20)26(33)31-23-17-36-25-9-8-19(10-12-28(2,3)35)16-24(25)32(4)27(23)34/h2*3-7,9,11,13-14,23,35H,12,15-17H2,1-2H3,(H,31,33);2*5-9,11,13,15-16,23,35H,14,17H2,1-4H3,(H,31,33)/t23-;;23-;/m1.1./s1. The summed E-state index contributed by atoms with van der Waals surface area (Å²) in [6, 6.07) is 54.6. The second-order valence-corrected chi connectivity index (χ2v) is 36.8. The molecular weight excluding hydrogens is 1860 g/mol. The number of carbonyl (C=O) groups is 8. The lowest BCUT2D eigenvalue weighted by Gasteiger charge is -2.30. The summed E-state index contributed by atoms with van der Waals surface area (Å²) in [6.45, 7) is 14.7. The number of aryl methyl sites for hydroxylation is 4. The second-order valence-electron chi connectivity index (χ2n) is 36.8. The van der Waals surface area contributed by atoms with Crippen molar-refractivity contribution in [3.63, 3.8) is 0 Å². The van der Waals surface area contributed by atoms with Crippen molar-refractivity contribution in [2.75, 3.05) is 101 Å². The Hall–Kier alpha value is -17.0. The number of hydrogen-bond donors (Lipinski definition) is 8. The van der Waals surface area contributed by atoms with E-state index < -0.39 is 70.2 Å². The van der Waals surface area contributed by atoms with E-state index in [-0.39, 0.29) is 99.3 Å². The number of likely N-dealkylation sites (N-methyl/N-ethyl adjacent to an activating group) is 4. The maximum Gasteiger partial charge on any atom is 0.270 e. The van der Waals surface area contributed by atoms with Gasteiger partial charge in [-0.1, -0.05) is 71.6 Å². The van der Waals surface area contributed by atoms with Gasteiger partial charge < -0.3 is 89.7 Å². The van der Waals surface area contributed by atoms with Gasteiger partial charge in [0.2, 0.25) is 0 Å². The number of benzene rings is 4. The molecule has 34 nitrogen and oxygen atoms in total. The molecule has 6 aliphatic rings. The van der Waals surface area contributed by atoms with Gasteiger partial charge in [-0.05, 0) is 248 Å². The van der Waals surface area contributed by atoms with Gasteiger partial charge in [0.05, 0.1) is 49.2 Å². The molecule has 34 heteroatoms. The van der Waals surface area contributed by atoms with Crippen molar-refractivity contribution < 1.29 is 87.2 Å². The Bertz CT molecular complexity index is 6860. The quantitative estimate of drug-likeness (QED) is 0.0420. The Morgan fingerprint density at radius 3 is 0.795 bits per heavy atom. The van der Waals surface area contributed by atoms with Gasteiger partial charge in [-0.2, -0.15) is 0 Å². The predicted octanol–water partition coefficient (Wildman–Crippen LogP) is 8.59. The molecule has 0 saturated carbocycles. The first kappa shape index (κ1) is 103. The maximum absolute atomic E-state index is 13.2. The van der Waals surface area contributed by atoms with Gasteiger partial charge in [-0.25, -0.2) is 0 Å². The predicted molar refractivity (Wildman–Crippen MR) is 542 cm³/mol. The molecule has 0 radical (unpaired) electrons. The van der Waals surface area contributed by atoms with Gasteiger partial charge in [0.1, 0.15) is 108 Å². The molecule has 0 aliphatic carbocycles. The van der Waals surface area contributed by atoms with E-state index in [2.05, 4.69) is 109 Å². The van der Waals surface area contributed by atoms with E-state index in [1.54, 1.807) is 178 Å². The maximum atomic E-state index is 13.2. The molecular formula is C112H108N16O18. The van der Waals surface area contributed by atoms with E-state index >= 15 is 0 Å². The molecule has 14 heterocycles. The molecule has 4 aromatic carbocycles. The number of aromatic nitrogens is 8. The van der Waals surface area contributed by atoms with Gasteiger partial charge in [0, 0.05) is 146 Å². The number of aliphatic hydroxyl groups is 4. The Balaban J connectivity index is 0.000000146. The van der Waals surface area contributed by atoms with Crippen LogP contribution < -0.4 is 59.8 Å². The van der Waals surface area contributed by atoms with Crippen LogP contribution in [0.2, 0.25) is 0 Å². The van der Waals surface area contributed by atoms with E-state index in [9.17, 15) is 58.8 Å². The van der Waals surface area contributed by atoms with Crippen LogP contribution in [0.15, 0.2) is 219 Å². The average molecular weight is 1970 g/mol. The fraction of sp³-hybridized carbons (Fsp3) is 0.286. The summed E-state index contributed by atoms with van der Waals surface area (Å²) >= 11 is 0. The highest BCUT2D eigenvalue weighted by Crippen LogP contribution is 2.37. The molecule has 4 atom stereocenters. The lowest BCUT2D eigenvalue weighted by molar-refractivity contribution is -0.140. The van der Waals surface area contributed by atoms with Crippen LogP contribution in [0, 0.1) is 75.1 Å². The molecule has 8 aromatic heterocycles. The SMILES string of the molecule is Cc1cccc(Cc2ccnc(C(=O)NC3COc4ccc(C#CC(C)(C)O)cc4N(C)C3=O)c2)n1.Cc1cccc(Cc2ccnc(C(=O)NC3COc4ccc(C#CC5(O)COC5)cc4N(C)C3=O)c2)n1.Cc1cccc(Cc2ccnc(C(=O)N[C@@H]3COc4ccc(C#CC(C)(C)O)cc4N(C)C3=O)c2)n1.Cc1cccc(Cc2ccnc(C(=O)N[C@@H]3COc4ccc(C#CC5(O)COC5)cc4N(C)C3=O)c2)n1. The Labute approximate surface area is 844 Å². The molecule has 2 unspecified atom stereocenters. The zero-order valence-electron chi connectivity index (χ0n) is 82.5. The number of fused-ring (bicyclic) bond motifs is 4. The molecule has 744 valence electrons. The summed E-state index contributed by atoms with van der Waals surface area (Å²) in [5.74, 6) is 21.6. The van der Waals surface area contributed by atoms with Crippen LogP contribution in [-0.2, 0) is 54.3 Å². The van der Waals surface area contributed by atoms with E-state index in [0.717, 1.165) is 67.8 Å². The summed E-state index contributed by atoms with van der Waals surface area (Å²) in [5.41, 5.74) is 11.7. The smallest absolute Gasteiger partial charge is 0.270 e. The zero-order valence-corrected chi connectivity index (χ0v) is 82.5. The largest absolute Gasteiger partial charge is 0.489 e. The van der Waals surface area contributed by atoms with Gasteiger partial charge >= 0.3 is 0 Å². The Kier molecular flexibility index (Phi) is 32.2. The third-order valence-electron chi connectivity index (χ3n) is 23.5. The number of anilines is 4. The highest BCUT2D eigenvalue weighted by Gasteiger charge is 2.39. The summed E-state index contributed by atoms with van der Waals surface area (Å²) < 4.78 is 33.4. The minimum atomic E-state index is -1.14. The molecule has 12 aromatic rings. The van der Waals surface area contributed by atoms with Crippen molar-refractivity contribution in [3.05, 3.63) is 332 Å². The van der Waals surface area contributed by atoms with Gasteiger partial charge in [-0.15, -0.1) is 0 Å². The van der Waals surface area contributed by atoms with Crippen LogP contribution >= 0.6 is 0 Å². The second kappa shape index (κ2) is 45.5. The first-order valence-electron chi connectivity index (χ1n) is 46.9. The molecule has 6 aliphatic heterocycles. The number of amides is 8. The highest BCUT2D eigenvalue weighted by molar-refractivity contribution is 6.06. The van der Waals surface area contributed by atoms with Crippen LogP contribution in [0.1, 0.15) is 160 Å². The van der Waals surface area contributed by atoms with Crippen molar-refractivity contribution in [1.29, 1.82) is 0 Å². The third-order valence-corrected chi connectivity index (χ3v) is 23.5. The number of ether oxygens (including phenoxy) is 6. The van der Waals surface area contributed by atoms with Crippen molar-refractivity contribution in [1.82, 2.24) is 61.1 Å². The Morgan fingerprint density at radius 2 is 0.582 bits per heavy atom. The van der Waals surface area contributed by atoms with E-state index in [1.165, 1.54) is 19.6 Å². The Morgan fingerprint density at radius 1 is 0.349 bits per heavy atom. The normalized spacial score (nSPS) is 16.5. The van der Waals surface area contributed by atoms with Gasteiger partial charge in [-0.3, -0.25) is 78.2 Å². The van der Waals surface area contributed by atoms with Crippen molar-refractivity contribution in [3.8, 4) is 70.4 Å². The summed E-state index contributed by atoms with van der Waals surface area (Å²) in [4.78, 5) is 145. The summed E-state index contributed by atoms with van der Waals surface area (Å²) in [6.07, 6.45) is 8.53. The average Bonchev–Trinajstić information content (AvgIpc) is 1.65. The third kappa shape index (κ3) is 27.5. The minimum Gasteiger partial charge on any atom is -0.489 e. The number of pyridine rings is 8. The molecule has 8 amide bonds. The van der Waals surface area contributed by atoms with Gasteiger partial charge in [0.15, 0.2) is 11.2 Å². The van der Waals surface area contributed by atoms with E-state index in [1.807, 2.05) is 125 Å². The fourth-order valence-corrected chi connectivity index (χ4v) is 15.7. The summed E-state index contributed by atoms with van der Waals surface area (Å²) in [5, 5.41) is 51.0. The lowest BCUT2D eigenvalue weighted by atomic mass is 10.0. The van der Waals surface area contributed by atoms with E-state index in [0.29, 0.717) is 93.7 Å². The highest BCUT2D eigenvalue weighted by atomic mass is 16.5. The van der Waals surface area contributed by atoms with Crippen LogP contribution in [0.3, 0.4) is 0 Å². The first-order valence-corrected chi connectivity index (χ1v) is 46.9. The number of nitrogens with one attached hydrogen (secondary N) is 4. The number of hydrogen-bond acceptors (Lipinski definition) is 26. The van der Waals surface area contributed by atoms with E-state index in [4.69, 9.17) is 28.4 Å². The minimum absolute atomic E-state index is 0.0243. The molecule has 18 rings (SSSR count). The molecule has 8 N–H and O–H groups in total. The van der Waals surface area contributed by atoms with Crippen LogP contribution in [-0.4, -0.2) is 235 Å². The van der Waals surface area contributed by atoms with Crippen LogP contribution in [0.5, 0.6) is 23.0 Å². The fourth-order valence-electron chi connectivity index (χ4n) is 15.7. The summed E-state index contributed by atoms with van der Waals surface area (Å²) in [7, 11) is 6.48. The van der Waals surface area contributed by atoms with Crippen LogP contribution in [0.4, 0.5) is 22.7 Å². The van der Waals surface area contributed by atoms with Crippen molar-refractivity contribution >= 4 is 70.0 Å². The first-order chi connectivity index (χ1) is 69.8. The lowest BCUT2D eigenvalue weighted by Crippen LogP contribution is -2.49. The van der Waals surface area contributed by atoms with Crippen molar-refractivity contribution in [2.24, 2.45) is 0 Å². The molecule has 0 bridgehead atoms. The van der Waals surface area contributed by atoms with Gasteiger partial charge in [0.25, 0.3) is 47.3 Å². The van der Waals surface area contributed by atoms with Crippen molar-refractivity contribution in [2.45, 2.75) is 128 Å². The molecule has 2 fully saturated rings. The molecule has 2 saturated heterocycles. The number of nitrogens with zero attached hydrogens (tertiary/aromatic N) is 12.